The molecule has 9 nitrogen and oxygen atoms in total. The molecular weight excluding hydrogens is 527 g/mol. The lowest BCUT2D eigenvalue weighted by Gasteiger charge is -2.38. The molecule has 1 amide bonds. The van der Waals surface area contributed by atoms with Gasteiger partial charge < -0.3 is 19.7 Å². The number of aromatic nitrogens is 3. The van der Waals surface area contributed by atoms with Gasteiger partial charge in [-0.25, -0.2) is 14.8 Å². The minimum atomic E-state index is -4.43. The van der Waals surface area contributed by atoms with Crippen LogP contribution in [0.5, 0.6) is 0 Å². The van der Waals surface area contributed by atoms with Gasteiger partial charge in [-0.2, -0.15) is 13.2 Å². The zero-order valence-corrected chi connectivity index (χ0v) is 21.5. The van der Waals surface area contributed by atoms with Crippen LogP contribution >= 0.6 is 0 Å². The summed E-state index contributed by atoms with van der Waals surface area (Å²) in [7, 11) is 0. The summed E-state index contributed by atoms with van der Waals surface area (Å²) < 4.78 is 45.0. The molecule has 0 saturated carbocycles. The second-order valence-corrected chi connectivity index (χ2v) is 10.7. The van der Waals surface area contributed by atoms with Gasteiger partial charge in [-0.15, -0.1) is 0 Å². The Balaban J connectivity index is 1.10. The Kier molecular flexibility index (Phi) is 5.90. The van der Waals surface area contributed by atoms with Gasteiger partial charge in [0, 0.05) is 43.4 Å². The van der Waals surface area contributed by atoms with Crippen LogP contribution in [-0.4, -0.2) is 62.3 Å². The molecule has 3 aromatic rings. The number of hydrogen-bond acceptors (Lipinski definition) is 6. The van der Waals surface area contributed by atoms with Crippen LogP contribution in [0, 0.1) is 5.41 Å². The van der Waals surface area contributed by atoms with E-state index in [0.29, 0.717) is 67.0 Å². The smallest absolute Gasteiger partial charge is 0.416 e. The Morgan fingerprint density at radius 1 is 1.18 bits per heavy atom. The third kappa shape index (κ3) is 4.56. The summed E-state index contributed by atoms with van der Waals surface area (Å²) >= 11 is 0. The van der Waals surface area contributed by atoms with Gasteiger partial charge in [0.15, 0.2) is 0 Å². The molecule has 208 valence electrons. The number of fused-ring (bicyclic) bond motifs is 1. The summed E-state index contributed by atoms with van der Waals surface area (Å²) in [6.45, 7) is 3.27. The van der Waals surface area contributed by atoms with Crippen LogP contribution in [0.25, 0.3) is 22.4 Å². The molecule has 40 heavy (non-hydrogen) atoms. The number of H-pyrrole nitrogens is 1. The van der Waals surface area contributed by atoms with E-state index in [1.807, 2.05) is 12.1 Å². The summed E-state index contributed by atoms with van der Waals surface area (Å²) in [5, 5.41) is 9.42. The fourth-order valence-electron chi connectivity index (χ4n) is 5.34. The van der Waals surface area contributed by atoms with Crippen LogP contribution in [0.2, 0.25) is 0 Å². The number of halogens is 3. The van der Waals surface area contributed by atoms with Crippen LogP contribution < -0.4 is 4.90 Å². The van der Waals surface area contributed by atoms with Crippen LogP contribution in [0.15, 0.2) is 60.5 Å². The summed E-state index contributed by atoms with van der Waals surface area (Å²) in [5.41, 5.74) is -0.319. The van der Waals surface area contributed by atoms with E-state index in [0.717, 1.165) is 18.0 Å². The molecule has 2 aromatic heterocycles. The zero-order valence-electron chi connectivity index (χ0n) is 21.5. The van der Waals surface area contributed by atoms with E-state index in [-0.39, 0.29) is 0 Å². The van der Waals surface area contributed by atoms with Gasteiger partial charge in [0.2, 0.25) is 0 Å². The Morgan fingerprint density at radius 2 is 1.95 bits per heavy atom. The average Bonchev–Trinajstić information content (AvgIpc) is 3.49. The normalized spacial score (nSPS) is 22.6. The predicted molar refractivity (Wildman–Crippen MR) is 139 cm³/mol. The number of rotatable bonds is 4. The molecule has 2 fully saturated rings. The number of aromatic amines is 1. The highest BCUT2D eigenvalue weighted by atomic mass is 19.4. The SMILES string of the molecule is CC1(C(=O)O)C=CC(N2CC3(CCN(c4ccc(-c5nc6ccc(C(F)(F)F)cc6[nH]5)cn4)CC3)OC2=O)=CC1. The second kappa shape index (κ2) is 9.10. The molecule has 2 saturated heterocycles. The number of pyridine rings is 1. The number of hydrogen-bond donors (Lipinski definition) is 2. The lowest BCUT2D eigenvalue weighted by Crippen LogP contribution is -2.47. The standard InChI is InChI=1S/C28H26F3N5O4/c1-26(24(37)38)8-6-19(7-9-26)36-16-27(40-25(36)39)10-12-35(13-11-27)22-5-2-17(15-32-22)23-33-20-4-3-18(28(29,30)31)14-21(20)34-23/h2-8,14-15H,9-13,16H2,1H3,(H,33,34)(H,37,38). The largest absolute Gasteiger partial charge is 0.481 e. The van der Waals surface area contributed by atoms with E-state index in [1.54, 1.807) is 36.2 Å². The van der Waals surface area contributed by atoms with Crippen LogP contribution in [0.1, 0.15) is 31.7 Å². The molecule has 3 aliphatic rings. The number of benzene rings is 1. The van der Waals surface area contributed by atoms with Gasteiger partial charge in [-0.3, -0.25) is 9.69 Å². The molecule has 1 unspecified atom stereocenters. The van der Waals surface area contributed by atoms with E-state index in [4.69, 9.17) is 4.74 Å². The number of imidazole rings is 1. The fourth-order valence-corrected chi connectivity index (χ4v) is 5.34. The highest BCUT2D eigenvalue weighted by Gasteiger charge is 2.48. The second-order valence-electron chi connectivity index (χ2n) is 10.7. The number of allylic oxidation sites excluding steroid dienone is 2. The van der Waals surface area contributed by atoms with Gasteiger partial charge in [0.05, 0.1) is 28.6 Å². The maximum atomic E-state index is 13.0. The molecule has 6 rings (SSSR count). The molecule has 4 heterocycles. The van der Waals surface area contributed by atoms with E-state index in [1.165, 1.54) is 6.07 Å². The highest BCUT2D eigenvalue weighted by molar-refractivity contribution is 5.80. The number of aliphatic carboxylic acids is 1. The highest BCUT2D eigenvalue weighted by Crippen LogP contribution is 2.39. The lowest BCUT2D eigenvalue weighted by molar-refractivity contribution is -0.145. The monoisotopic (exact) mass is 553 g/mol. The van der Waals surface area contributed by atoms with Crippen molar-refractivity contribution in [1.29, 1.82) is 0 Å². The Labute approximate surface area is 227 Å². The molecule has 1 atom stereocenters. The number of carbonyl (C=O) groups is 2. The van der Waals surface area contributed by atoms with Gasteiger partial charge in [-0.1, -0.05) is 12.2 Å². The minimum Gasteiger partial charge on any atom is -0.481 e. The number of piperidine rings is 1. The maximum Gasteiger partial charge on any atom is 0.416 e. The summed E-state index contributed by atoms with van der Waals surface area (Å²) in [6.07, 6.45) is 3.34. The number of nitrogens with zero attached hydrogens (tertiary/aromatic N) is 4. The summed E-state index contributed by atoms with van der Waals surface area (Å²) in [6, 6.07) is 7.05. The molecule has 0 radical (unpaired) electrons. The van der Waals surface area contributed by atoms with Gasteiger partial charge in [0.1, 0.15) is 17.2 Å². The number of carboxylic acids is 1. The van der Waals surface area contributed by atoms with Gasteiger partial charge in [0.25, 0.3) is 0 Å². The van der Waals surface area contributed by atoms with Crippen molar-refractivity contribution in [3.05, 3.63) is 66.0 Å². The first-order valence-corrected chi connectivity index (χ1v) is 12.9. The lowest BCUT2D eigenvalue weighted by atomic mass is 9.83. The van der Waals surface area contributed by atoms with Crippen molar-refractivity contribution in [3.8, 4) is 11.4 Å². The van der Waals surface area contributed by atoms with E-state index < -0.39 is 34.8 Å². The molecule has 0 bridgehead atoms. The van der Waals surface area contributed by atoms with Crippen molar-refractivity contribution >= 4 is 28.9 Å². The third-order valence-corrected chi connectivity index (χ3v) is 7.96. The van der Waals surface area contributed by atoms with Crippen LogP contribution in [0.3, 0.4) is 0 Å². The summed E-state index contributed by atoms with van der Waals surface area (Å²) in [5.74, 6) is 0.255. The topological polar surface area (TPSA) is 112 Å². The first-order chi connectivity index (χ1) is 18.9. The first kappa shape index (κ1) is 25.9. The molecule has 1 aromatic carbocycles. The van der Waals surface area contributed by atoms with Crippen molar-refractivity contribution in [2.24, 2.45) is 5.41 Å². The van der Waals surface area contributed by atoms with E-state index >= 15 is 0 Å². The summed E-state index contributed by atoms with van der Waals surface area (Å²) in [4.78, 5) is 39.8. The number of carboxylic acid groups (broad SMARTS) is 1. The van der Waals surface area contributed by atoms with Crippen LogP contribution in [-0.2, 0) is 15.7 Å². The van der Waals surface area contributed by atoms with Crippen molar-refractivity contribution in [2.75, 3.05) is 24.5 Å². The Morgan fingerprint density at radius 3 is 2.58 bits per heavy atom. The molecule has 1 spiro atoms. The van der Waals surface area contributed by atoms with Gasteiger partial charge >= 0.3 is 18.2 Å². The predicted octanol–water partition coefficient (Wildman–Crippen LogP) is 5.37. The molecular formula is C28H26F3N5O4. The number of anilines is 1. The molecule has 2 aliphatic heterocycles. The first-order valence-electron chi connectivity index (χ1n) is 12.9. The third-order valence-electron chi connectivity index (χ3n) is 7.96. The molecule has 2 N–H and O–H groups in total. The zero-order chi connectivity index (χ0) is 28.3. The number of carbonyl (C=O) groups excluding carboxylic acids is 1. The minimum absolute atomic E-state index is 0.295. The van der Waals surface area contributed by atoms with Gasteiger partial charge in [-0.05, 0) is 49.8 Å². The molecule has 12 heteroatoms. The Hall–Kier alpha value is -4.35. The van der Waals surface area contributed by atoms with Crippen molar-refractivity contribution < 1.29 is 32.6 Å². The molecule has 1 aliphatic carbocycles. The maximum absolute atomic E-state index is 13.0. The average molecular weight is 554 g/mol. The van der Waals surface area contributed by atoms with Crippen molar-refractivity contribution in [3.63, 3.8) is 0 Å². The Bertz CT molecular complexity index is 1550. The number of nitrogens with one attached hydrogen (secondary N) is 1. The number of amides is 1. The van der Waals surface area contributed by atoms with E-state index in [9.17, 15) is 27.9 Å². The quantitative estimate of drug-likeness (QED) is 0.447. The van der Waals surface area contributed by atoms with E-state index in [2.05, 4.69) is 19.9 Å². The number of alkyl halides is 3. The van der Waals surface area contributed by atoms with Crippen molar-refractivity contribution in [2.45, 2.75) is 38.0 Å². The fraction of sp³-hybridized carbons (Fsp3) is 0.357. The van der Waals surface area contributed by atoms with Crippen LogP contribution in [0.4, 0.5) is 23.8 Å². The number of ether oxygens (including phenoxy) is 1. The van der Waals surface area contributed by atoms with Crippen molar-refractivity contribution in [1.82, 2.24) is 19.9 Å².